The summed E-state index contributed by atoms with van der Waals surface area (Å²) in [4.78, 5) is 4.53. The molecule has 4 rings (SSSR count). The molecular formula is C24H22F2N2O2. The van der Waals surface area contributed by atoms with Crippen LogP contribution in [-0.4, -0.2) is 16.7 Å². The highest BCUT2D eigenvalue weighted by molar-refractivity contribution is 5.86. The van der Waals surface area contributed by atoms with Crippen LogP contribution in [0.5, 0.6) is 11.5 Å². The number of aryl methyl sites for hydroxylation is 1. The van der Waals surface area contributed by atoms with Gasteiger partial charge in [-0.25, -0.2) is 8.78 Å². The summed E-state index contributed by atoms with van der Waals surface area (Å²) in [5.74, 6) is 0.178. The molecule has 0 spiro atoms. The molecule has 2 aromatic carbocycles. The molecule has 0 radical (unpaired) electrons. The van der Waals surface area contributed by atoms with Crippen LogP contribution in [0.4, 0.5) is 8.78 Å². The third-order valence-corrected chi connectivity index (χ3v) is 5.28. The average molecular weight is 408 g/mol. The molecule has 30 heavy (non-hydrogen) atoms. The summed E-state index contributed by atoms with van der Waals surface area (Å²) in [5.41, 5.74) is 5.41. The van der Waals surface area contributed by atoms with Crippen LogP contribution in [0.1, 0.15) is 22.4 Å². The lowest BCUT2D eigenvalue weighted by Gasteiger charge is -2.13. The molecule has 0 amide bonds. The van der Waals surface area contributed by atoms with Gasteiger partial charge in [0.25, 0.3) is 0 Å². The topological polar surface area (TPSA) is 36.3 Å². The Morgan fingerprint density at radius 1 is 0.933 bits per heavy atom. The minimum absolute atomic E-state index is 0.0552. The molecule has 0 fully saturated rings. The van der Waals surface area contributed by atoms with Gasteiger partial charge in [0.15, 0.2) is 0 Å². The molecule has 0 bridgehead atoms. The normalized spacial score (nSPS) is 11.1. The predicted octanol–water partition coefficient (Wildman–Crippen LogP) is 5.57. The summed E-state index contributed by atoms with van der Waals surface area (Å²) in [6, 6.07) is 13.1. The van der Waals surface area contributed by atoms with Crippen molar-refractivity contribution in [1.82, 2.24) is 9.55 Å². The first-order valence-electron chi connectivity index (χ1n) is 9.61. The number of pyridine rings is 1. The van der Waals surface area contributed by atoms with E-state index in [0.29, 0.717) is 17.9 Å². The molecule has 0 unspecified atom stereocenters. The quantitative estimate of drug-likeness (QED) is 0.419. The van der Waals surface area contributed by atoms with E-state index in [9.17, 15) is 8.78 Å². The molecule has 0 N–H and O–H groups in total. The summed E-state index contributed by atoms with van der Waals surface area (Å²) in [5, 5.41) is 0. The molecule has 2 heterocycles. The van der Waals surface area contributed by atoms with Gasteiger partial charge in [0, 0.05) is 30.6 Å². The minimum atomic E-state index is -0.622. The number of fused-ring (bicyclic) bond motifs is 1. The first-order valence-corrected chi connectivity index (χ1v) is 9.61. The van der Waals surface area contributed by atoms with Crippen molar-refractivity contribution in [2.24, 2.45) is 0 Å². The number of hydrogen-bond donors (Lipinski definition) is 0. The van der Waals surface area contributed by atoms with Crippen LogP contribution < -0.4 is 9.47 Å². The van der Waals surface area contributed by atoms with Gasteiger partial charge in [-0.05, 0) is 54.8 Å². The Hall–Kier alpha value is -3.41. The second kappa shape index (κ2) is 8.14. The van der Waals surface area contributed by atoms with Crippen LogP contribution in [0.3, 0.4) is 0 Å². The molecule has 0 saturated carbocycles. The average Bonchev–Trinajstić information content (AvgIpc) is 2.97. The first kappa shape index (κ1) is 19.9. The predicted molar refractivity (Wildman–Crippen MR) is 112 cm³/mol. The van der Waals surface area contributed by atoms with Gasteiger partial charge in [0.1, 0.15) is 35.3 Å². The molecule has 154 valence electrons. The highest BCUT2D eigenvalue weighted by Crippen LogP contribution is 2.32. The van der Waals surface area contributed by atoms with Crippen LogP contribution >= 0.6 is 0 Å². The molecule has 0 saturated heterocycles. The van der Waals surface area contributed by atoms with Gasteiger partial charge < -0.3 is 14.0 Å². The molecule has 0 aliphatic carbocycles. The third-order valence-electron chi connectivity index (χ3n) is 5.28. The largest absolute Gasteiger partial charge is 0.497 e. The van der Waals surface area contributed by atoms with Crippen molar-refractivity contribution in [3.8, 4) is 11.5 Å². The number of ether oxygens (including phenoxy) is 2. The summed E-state index contributed by atoms with van der Waals surface area (Å²) in [7, 11) is 1.64. The summed E-state index contributed by atoms with van der Waals surface area (Å²) < 4.78 is 40.4. The molecular weight excluding hydrogens is 386 g/mol. The molecule has 6 heteroatoms. The second-order valence-electron chi connectivity index (χ2n) is 7.22. The van der Waals surface area contributed by atoms with Gasteiger partial charge >= 0.3 is 0 Å². The smallest absolute Gasteiger partial charge is 0.147 e. The Morgan fingerprint density at radius 2 is 1.63 bits per heavy atom. The van der Waals surface area contributed by atoms with E-state index in [-0.39, 0.29) is 6.61 Å². The van der Waals surface area contributed by atoms with Crippen molar-refractivity contribution < 1.29 is 18.3 Å². The summed E-state index contributed by atoms with van der Waals surface area (Å²) in [6.07, 6.45) is 1.69. The van der Waals surface area contributed by atoms with Crippen LogP contribution in [0, 0.1) is 25.5 Å². The Morgan fingerprint density at radius 3 is 2.30 bits per heavy atom. The fourth-order valence-corrected chi connectivity index (χ4v) is 3.60. The van der Waals surface area contributed by atoms with Crippen molar-refractivity contribution in [3.05, 3.63) is 88.7 Å². The number of halogens is 2. The van der Waals surface area contributed by atoms with Crippen LogP contribution in [0.2, 0.25) is 0 Å². The van der Waals surface area contributed by atoms with Crippen LogP contribution in [-0.2, 0) is 13.2 Å². The Labute approximate surface area is 173 Å². The molecule has 4 aromatic rings. The number of hydrogen-bond acceptors (Lipinski definition) is 3. The van der Waals surface area contributed by atoms with Gasteiger partial charge in [-0.2, -0.15) is 0 Å². The van der Waals surface area contributed by atoms with Crippen molar-refractivity contribution >= 4 is 11.0 Å². The third kappa shape index (κ3) is 3.85. The second-order valence-corrected chi connectivity index (χ2v) is 7.22. The SMILES string of the molecule is COc1ccc(Cn2c(C)c(C)c3nccc(OCc4cc(F)cc(F)c4)c32)cc1. The zero-order chi connectivity index (χ0) is 21.3. The minimum Gasteiger partial charge on any atom is -0.497 e. The van der Waals surface area contributed by atoms with Crippen molar-refractivity contribution in [1.29, 1.82) is 0 Å². The number of nitrogens with zero attached hydrogens (tertiary/aromatic N) is 2. The van der Waals surface area contributed by atoms with Gasteiger partial charge in [-0.3, -0.25) is 4.98 Å². The molecule has 0 aliphatic heterocycles. The van der Waals surface area contributed by atoms with Gasteiger partial charge in [-0.1, -0.05) is 12.1 Å². The fourth-order valence-electron chi connectivity index (χ4n) is 3.60. The van der Waals surface area contributed by atoms with Crippen LogP contribution in [0.25, 0.3) is 11.0 Å². The Balaban J connectivity index is 1.70. The van der Waals surface area contributed by atoms with E-state index < -0.39 is 11.6 Å². The number of aromatic nitrogens is 2. The zero-order valence-corrected chi connectivity index (χ0v) is 17.1. The van der Waals surface area contributed by atoms with E-state index in [4.69, 9.17) is 9.47 Å². The van der Waals surface area contributed by atoms with E-state index in [1.54, 1.807) is 19.4 Å². The first-order chi connectivity index (χ1) is 14.5. The lowest BCUT2D eigenvalue weighted by Crippen LogP contribution is -2.04. The maximum absolute atomic E-state index is 13.5. The number of methoxy groups -OCH3 is 1. The van der Waals surface area contributed by atoms with Gasteiger partial charge in [0.2, 0.25) is 0 Å². The van der Waals surface area contributed by atoms with Crippen molar-refractivity contribution in [2.75, 3.05) is 7.11 Å². The highest BCUT2D eigenvalue weighted by Gasteiger charge is 2.17. The van der Waals surface area contributed by atoms with Crippen LogP contribution in [0.15, 0.2) is 54.7 Å². The zero-order valence-electron chi connectivity index (χ0n) is 17.1. The van der Waals surface area contributed by atoms with Crippen molar-refractivity contribution in [3.63, 3.8) is 0 Å². The van der Waals surface area contributed by atoms with Gasteiger partial charge in [0.05, 0.1) is 12.6 Å². The maximum atomic E-state index is 13.5. The standard InChI is InChI=1S/C24H22F2N2O2/c1-15-16(2)28(13-17-4-6-21(29-3)7-5-17)24-22(8-9-27-23(15)24)30-14-18-10-19(25)12-20(26)11-18/h4-12H,13-14H2,1-3H3. The Kier molecular flexibility index (Phi) is 5.40. The van der Waals surface area contributed by atoms with E-state index in [0.717, 1.165) is 39.7 Å². The number of benzene rings is 2. The van der Waals surface area contributed by atoms with E-state index in [2.05, 4.69) is 9.55 Å². The maximum Gasteiger partial charge on any atom is 0.147 e. The van der Waals surface area contributed by atoms with E-state index in [1.807, 2.05) is 38.1 Å². The lowest BCUT2D eigenvalue weighted by atomic mass is 10.2. The molecule has 0 aliphatic rings. The van der Waals surface area contributed by atoms with E-state index in [1.165, 1.54) is 12.1 Å². The molecule has 0 atom stereocenters. The fraction of sp³-hybridized carbons (Fsp3) is 0.208. The monoisotopic (exact) mass is 408 g/mol. The van der Waals surface area contributed by atoms with Gasteiger partial charge in [-0.15, -0.1) is 0 Å². The summed E-state index contributed by atoms with van der Waals surface area (Å²) in [6.45, 7) is 4.77. The number of rotatable bonds is 6. The van der Waals surface area contributed by atoms with Crippen molar-refractivity contribution in [2.45, 2.75) is 27.0 Å². The highest BCUT2D eigenvalue weighted by atomic mass is 19.1. The lowest BCUT2D eigenvalue weighted by molar-refractivity contribution is 0.307. The van der Waals surface area contributed by atoms with E-state index >= 15 is 0 Å². The summed E-state index contributed by atoms with van der Waals surface area (Å²) >= 11 is 0. The molecule has 2 aromatic heterocycles. The Bertz CT molecular complexity index is 1180. The molecule has 4 nitrogen and oxygen atoms in total.